The molecule has 25 heavy (non-hydrogen) atoms. The molecule has 0 saturated carbocycles. The number of carboxylic acids is 1. The number of rotatable bonds is 3. The van der Waals surface area contributed by atoms with Gasteiger partial charge in [-0.15, -0.1) is 0 Å². The lowest BCUT2D eigenvalue weighted by Gasteiger charge is -2.34. The number of fused-ring (bicyclic) bond motifs is 1. The highest BCUT2D eigenvalue weighted by Gasteiger charge is 2.32. The molecule has 1 aliphatic heterocycles. The summed E-state index contributed by atoms with van der Waals surface area (Å²) in [6, 6.07) is 8.06. The van der Waals surface area contributed by atoms with Crippen molar-refractivity contribution in [3.63, 3.8) is 0 Å². The first-order chi connectivity index (χ1) is 11.7. The second-order valence-electron chi connectivity index (χ2n) is 6.07. The minimum Gasteiger partial charge on any atom is -0.480 e. The molecule has 0 unspecified atom stereocenters. The van der Waals surface area contributed by atoms with E-state index >= 15 is 0 Å². The van der Waals surface area contributed by atoms with Gasteiger partial charge in [-0.25, -0.2) is 4.39 Å². The Labute approximate surface area is 141 Å². The number of carboxylic acid groups (broad SMARTS) is 1. The normalized spacial score (nSPS) is 18.0. The number of hydrogen-bond donors (Lipinski definition) is 1. The fourth-order valence-corrected chi connectivity index (χ4v) is 3.05. The molecule has 1 atom stereocenters. The van der Waals surface area contributed by atoms with Crippen molar-refractivity contribution in [2.45, 2.75) is 31.7 Å². The van der Waals surface area contributed by atoms with E-state index in [2.05, 4.69) is 0 Å². The van der Waals surface area contributed by atoms with Gasteiger partial charge in [-0.2, -0.15) is 13.2 Å². The predicted octanol–water partition coefficient (Wildman–Crippen LogP) is 3.86. The van der Waals surface area contributed by atoms with Gasteiger partial charge in [0, 0.05) is 13.1 Å². The average molecular weight is 353 g/mol. The second-order valence-corrected chi connectivity index (χ2v) is 6.07. The molecule has 0 fully saturated rings. The van der Waals surface area contributed by atoms with Crippen molar-refractivity contribution in [1.82, 2.24) is 4.90 Å². The Kier molecular flexibility index (Phi) is 4.51. The molecule has 0 aliphatic carbocycles. The number of nitrogens with zero attached hydrogens (tertiary/aromatic N) is 1. The van der Waals surface area contributed by atoms with Crippen molar-refractivity contribution in [1.29, 1.82) is 0 Å². The van der Waals surface area contributed by atoms with E-state index in [-0.39, 0.29) is 19.5 Å². The van der Waals surface area contributed by atoms with Crippen LogP contribution >= 0.6 is 0 Å². The minimum atomic E-state index is -4.41. The molecule has 0 bridgehead atoms. The van der Waals surface area contributed by atoms with Gasteiger partial charge in [-0.1, -0.05) is 18.2 Å². The molecule has 3 nitrogen and oxygen atoms in total. The molecule has 1 N–H and O–H groups in total. The zero-order valence-electron chi connectivity index (χ0n) is 13.1. The summed E-state index contributed by atoms with van der Waals surface area (Å²) in [5, 5.41) is 9.45. The van der Waals surface area contributed by atoms with Gasteiger partial charge in [0.2, 0.25) is 0 Å². The van der Waals surface area contributed by atoms with Crippen LogP contribution in [-0.2, 0) is 30.5 Å². The molecule has 0 amide bonds. The van der Waals surface area contributed by atoms with E-state index in [1.165, 1.54) is 24.3 Å². The molecular formula is C18H15F4NO2. The van der Waals surface area contributed by atoms with Crippen LogP contribution < -0.4 is 0 Å². The first-order valence-electron chi connectivity index (χ1n) is 7.64. The van der Waals surface area contributed by atoms with Crippen molar-refractivity contribution < 1.29 is 27.5 Å². The fraction of sp³-hybridized carbons (Fsp3) is 0.278. The van der Waals surface area contributed by atoms with E-state index < -0.39 is 29.6 Å². The van der Waals surface area contributed by atoms with Crippen molar-refractivity contribution in [3.05, 3.63) is 70.5 Å². The number of hydrogen-bond acceptors (Lipinski definition) is 2. The molecule has 0 radical (unpaired) electrons. The Morgan fingerprint density at radius 2 is 1.80 bits per heavy atom. The van der Waals surface area contributed by atoms with Crippen LogP contribution in [0.1, 0.15) is 22.3 Å². The van der Waals surface area contributed by atoms with Crippen LogP contribution in [0.25, 0.3) is 0 Å². The Morgan fingerprint density at radius 3 is 2.40 bits per heavy atom. The third-order valence-corrected chi connectivity index (χ3v) is 4.35. The summed E-state index contributed by atoms with van der Waals surface area (Å²) in [6.45, 7) is 0.399. The highest BCUT2D eigenvalue weighted by molar-refractivity contribution is 5.74. The van der Waals surface area contributed by atoms with Gasteiger partial charge in [0.1, 0.15) is 11.9 Å². The molecule has 7 heteroatoms. The highest BCUT2D eigenvalue weighted by Crippen LogP contribution is 2.30. The number of carbonyl (C=O) groups is 1. The molecule has 0 saturated heterocycles. The number of aliphatic carboxylic acids is 1. The minimum absolute atomic E-state index is 0.172. The smallest absolute Gasteiger partial charge is 0.416 e. The molecule has 0 spiro atoms. The van der Waals surface area contributed by atoms with E-state index in [4.69, 9.17) is 0 Å². The summed E-state index contributed by atoms with van der Waals surface area (Å²) in [7, 11) is 0. The molecule has 3 rings (SSSR count). The molecule has 1 heterocycles. The second kappa shape index (κ2) is 6.48. The largest absolute Gasteiger partial charge is 0.480 e. The van der Waals surface area contributed by atoms with Gasteiger partial charge in [0.05, 0.1) is 5.56 Å². The number of benzene rings is 2. The summed E-state index contributed by atoms with van der Waals surface area (Å²) in [6.07, 6.45) is -4.19. The van der Waals surface area contributed by atoms with Crippen molar-refractivity contribution >= 4 is 5.97 Å². The molecule has 132 valence electrons. The van der Waals surface area contributed by atoms with Gasteiger partial charge in [0.15, 0.2) is 0 Å². The van der Waals surface area contributed by atoms with Crippen LogP contribution in [-0.4, -0.2) is 22.0 Å². The van der Waals surface area contributed by atoms with Crippen LogP contribution in [0.2, 0.25) is 0 Å². The topological polar surface area (TPSA) is 40.5 Å². The van der Waals surface area contributed by atoms with E-state index in [9.17, 15) is 27.5 Å². The van der Waals surface area contributed by atoms with Gasteiger partial charge >= 0.3 is 12.1 Å². The molecular weight excluding hydrogens is 338 g/mol. The fourth-order valence-electron chi connectivity index (χ4n) is 3.05. The lowest BCUT2D eigenvalue weighted by molar-refractivity contribution is -0.144. The quantitative estimate of drug-likeness (QED) is 0.852. The summed E-state index contributed by atoms with van der Waals surface area (Å²) in [5.74, 6) is -1.41. The zero-order chi connectivity index (χ0) is 18.2. The van der Waals surface area contributed by atoms with Gasteiger partial charge in [-0.05, 0) is 47.4 Å². The maximum absolute atomic E-state index is 13.4. The van der Waals surface area contributed by atoms with Gasteiger partial charge < -0.3 is 5.11 Å². The monoisotopic (exact) mass is 353 g/mol. The highest BCUT2D eigenvalue weighted by atomic mass is 19.4. The van der Waals surface area contributed by atoms with Crippen LogP contribution in [0, 0.1) is 5.82 Å². The third-order valence-electron chi connectivity index (χ3n) is 4.35. The summed E-state index contributed by atoms with van der Waals surface area (Å²) in [5.41, 5.74) is 1.29. The van der Waals surface area contributed by atoms with Gasteiger partial charge in [0.25, 0.3) is 0 Å². The van der Waals surface area contributed by atoms with E-state index in [1.807, 2.05) is 0 Å². The first kappa shape index (κ1) is 17.4. The predicted molar refractivity (Wildman–Crippen MR) is 82.2 cm³/mol. The SMILES string of the molecule is O=C(O)[C@H]1Cc2ccc(F)cc2CN1Cc1ccc(C(F)(F)F)cc1. The first-order valence-corrected chi connectivity index (χ1v) is 7.64. The number of alkyl halides is 3. The average Bonchev–Trinajstić information content (AvgIpc) is 2.53. The van der Waals surface area contributed by atoms with Crippen LogP contribution in [0.3, 0.4) is 0 Å². The van der Waals surface area contributed by atoms with Gasteiger partial charge in [-0.3, -0.25) is 9.69 Å². The summed E-state index contributed by atoms with van der Waals surface area (Å²) < 4.78 is 51.3. The maximum Gasteiger partial charge on any atom is 0.416 e. The molecule has 2 aromatic rings. The Balaban J connectivity index is 1.83. The molecule has 2 aromatic carbocycles. The zero-order valence-corrected chi connectivity index (χ0v) is 13.1. The van der Waals surface area contributed by atoms with Crippen LogP contribution in [0.5, 0.6) is 0 Å². The lowest BCUT2D eigenvalue weighted by atomic mass is 9.93. The maximum atomic E-state index is 13.4. The van der Waals surface area contributed by atoms with Crippen molar-refractivity contribution in [3.8, 4) is 0 Å². The summed E-state index contributed by atoms with van der Waals surface area (Å²) >= 11 is 0. The Hall–Kier alpha value is -2.41. The molecule has 0 aromatic heterocycles. The number of halogens is 4. The third kappa shape index (κ3) is 3.82. The Morgan fingerprint density at radius 1 is 1.12 bits per heavy atom. The Bertz CT molecular complexity index is 787. The van der Waals surface area contributed by atoms with Crippen LogP contribution in [0.15, 0.2) is 42.5 Å². The van der Waals surface area contributed by atoms with Crippen molar-refractivity contribution in [2.75, 3.05) is 0 Å². The summed E-state index contributed by atoms with van der Waals surface area (Å²) in [4.78, 5) is 13.2. The van der Waals surface area contributed by atoms with E-state index in [1.54, 1.807) is 11.0 Å². The lowest BCUT2D eigenvalue weighted by Crippen LogP contribution is -2.45. The van der Waals surface area contributed by atoms with E-state index in [0.717, 1.165) is 17.7 Å². The van der Waals surface area contributed by atoms with Crippen LogP contribution in [0.4, 0.5) is 17.6 Å². The van der Waals surface area contributed by atoms with E-state index in [0.29, 0.717) is 11.1 Å². The van der Waals surface area contributed by atoms with Crippen molar-refractivity contribution in [2.24, 2.45) is 0 Å². The molecule has 1 aliphatic rings. The standard InChI is InChI=1S/C18H15F4NO2/c19-15-6-3-12-8-16(17(24)25)23(10-13(12)7-15)9-11-1-4-14(5-2-11)18(20,21)22/h1-7,16H,8-10H2,(H,24,25)/t16-/m1/s1.